The number of carbonyl (C=O) groups is 4. The van der Waals surface area contributed by atoms with E-state index in [4.69, 9.17) is 5.73 Å². The summed E-state index contributed by atoms with van der Waals surface area (Å²) in [6.07, 6.45) is 2.74. The molecule has 0 saturated heterocycles. The van der Waals surface area contributed by atoms with Crippen LogP contribution in [-0.4, -0.2) is 81.2 Å². The first-order chi connectivity index (χ1) is 19.6. The van der Waals surface area contributed by atoms with E-state index in [9.17, 15) is 29.4 Å². The number of amides is 3. The van der Waals surface area contributed by atoms with Gasteiger partial charge in [-0.05, 0) is 42.5 Å². The molecular formula is C29H37N5O6S. The monoisotopic (exact) mass is 583 g/mol. The second-order valence-corrected chi connectivity index (χ2v) is 10.8. The first-order valence-corrected chi connectivity index (χ1v) is 14.7. The molecule has 0 aliphatic carbocycles. The summed E-state index contributed by atoms with van der Waals surface area (Å²) in [5.41, 5.74) is 8.19. The SMILES string of the molecule is CSCCC(N)C(=O)NC(C(=O)NC(Cc1c[nH]c2ccccc12)C(=O)NC(Cc1ccccc1)C(=O)O)C(C)O. The minimum Gasteiger partial charge on any atom is -0.480 e. The largest absolute Gasteiger partial charge is 0.480 e. The Morgan fingerprint density at radius 3 is 2.22 bits per heavy atom. The number of aliphatic carboxylic acids is 1. The van der Waals surface area contributed by atoms with Gasteiger partial charge in [0.2, 0.25) is 17.7 Å². The smallest absolute Gasteiger partial charge is 0.326 e. The van der Waals surface area contributed by atoms with Crippen LogP contribution in [0.2, 0.25) is 0 Å². The number of carbonyl (C=O) groups excluding carboxylic acids is 3. The normalized spacial score (nSPS) is 14.8. The number of H-pyrrole nitrogens is 1. The van der Waals surface area contributed by atoms with Crippen molar-refractivity contribution in [1.82, 2.24) is 20.9 Å². The molecule has 41 heavy (non-hydrogen) atoms. The Morgan fingerprint density at radius 2 is 1.56 bits per heavy atom. The number of thioether (sulfide) groups is 1. The van der Waals surface area contributed by atoms with E-state index in [2.05, 4.69) is 20.9 Å². The van der Waals surface area contributed by atoms with Gasteiger partial charge in [0.25, 0.3) is 0 Å². The Labute approximate surface area is 242 Å². The van der Waals surface area contributed by atoms with Crippen LogP contribution in [0.1, 0.15) is 24.5 Å². The molecule has 0 aliphatic rings. The number of rotatable bonds is 15. The van der Waals surface area contributed by atoms with Crippen LogP contribution in [0.25, 0.3) is 10.9 Å². The van der Waals surface area contributed by atoms with Crippen molar-refractivity contribution in [2.45, 2.75) is 56.5 Å². The lowest BCUT2D eigenvalue weighted by Gasteiger charge is -2.26. The fraction of sp³-hybridized carbons (Fsp3) is 0.379. The third kappa shape index (κ3) is 9.07. The van der Waals surface area contributed by atoms with E-state index in [1.807, 2.05) is 30.5 Å². The number of benzene rings is 2. The van der Waals surface area contributed by atoms with Gasteiger partial charge in [0.15, 0.2) is 0 Å². The lowest BCUT2D eigenvalue weighted by molar-refractivity contribution is -0.142. The maximum absolute atomic E-state index is 13.5. The Bertz CT molecular complexity index is 1330. The number of fused-ring (bicyclic) bond motifs is 1. The van der Waals surface area contributed by atoms with Gasteiger partial charge in [-0.2, -0.15) is 11.8 Å². The van der Waals surface area contributed by atoms with Gasteiger partial charge in [-0.15, -0.1) is 0 Å². The molecule has 0 radical (unpaired) electrons. The average molecular weight is 584 g/mol. The van der Waals surface area contributed by atoms with Crippen molar-refractivity contribution < 1.29 is 29.4 Å². The van der Waals surface area contributed by atoms with Gasteiger partial charge < -0.3 is 36.9 Å². The van der Waals surface area contributed by atoms with E-state index < -0.39 is 54.0 Å². The molecule has 8 N–H and O–H groups in total. The minimum absolute atomic E-state index is 0.0208. The first kappa shape index (κ1) is 31.7. The molecule has 3 aromatic rings. The number of aliphatic hydroxyl groups is 1. The molecule has 0 fully saturated rings. The van der Waals surface area contributed by atoms with Crippen molar-refractivity contribution in [2.75, 3.05) is 12.0 Å². The van der Waals surface area contributed by atoms with E-state index >= 15 is 0 Å². The van der Waals surface area contributed by atoms with Crippen LogP contribution in [-0.2, 0) is 32.0 Å². The molecule has 220 valence electrons. The number of aliphatic hydroxyl groups excluding tert-OH is 1. The van der Waals surface area contributed by atoms with Gasteiger partial charge in [0.05, 0.1) is 12.1 Å². The number of carboxylic acids is 1. The molecule has 3 rings (SSSR count). The molecule has 2 aromatic carbocycles. The Morgan fingerprint density at radius 1 is 0.902 bits per heavy atom. The van der Waals surface area contributed by atoms with Gasteiger partial charge >= 0.3 is 5.97 Å². The summed E-state index contributed by atoms with van der Waals surface area (Å²) in [6, 6.07) is 11.5. The van der Waals surface area contributed by atoms with Crippen LogP contribution in [0.15, 0.2) is 60.8 Å². The molecule has 0 bridgehead atoms. The number of nitrogens with two attached hydrogens (primary N) is 1. The van der Waals surface area contributed by atoms with Gasteiger partial charge in [0, 0.05) is 29.9 Å². The van der Waals surface area contributed by atoms with Crippen molar-refractivity contribution in [3.05, 3.63) is 71.9 Å². The molecule has 1 heterocycles. The number of carboxylic acid groups (broad SMARTS) is 1. The second kappa shape index (κ2) is 15.2. The number of para-hydroxylation sites is 1. The predicted octanol–water partition coefficient (Wildman–Crippen LogP) is 0.953. The summed E-state index contributed by atoms with van der Waals surface area (Å²) >= 11 is 1.52. The third-order valence-corrected chi connectivity index (χ3v) is 7.31. The summed E-state index contributed by atoms with van der Waals surface area (Å²) in [7, 11) is 0. The van der Waals surface area contributed by atoms with Crippen LogP contribution in [0.4, 0.5) is 0 Å². The van der Waals surface area contributed by atoms with Gasteiger partial charge in [0.1, 0.15) is 18.1 Å². The van der Waals surface area contributed by atoms with Crippen molar-refractivity contribution in [3.8, 4) is 0 Å². The van der Waals surface area contributed by atoms with E-state index in [1.165, 1.54) is 18.7 Å². The minimum atomic E-state index is -1.39. The standard InChI is InChI=1S/C29H37N5O6S/c1-17(35)25(34-26(36)21(30)12-13-41-2)28(38)32-23(15-19-16-31-22-11-7-6-10-20(19)22)27(37)33-24(29(39)40)14-18-8-4-3-5-9-18/h3-11,16-17,21,23-25,31,35H,12-15,30H2,1-2H3,(H,32,38)(H,33,37)(H,34,36)(H,39,40). The Hall–Kier alpha value is -3.87. The second-order valence-electron chi connectivity index (χ2n) is 9.83. The number of aromatic nitrogens is 1. The van der Waals surface area contributed by atoms with Crippen molar-refractivity contribution in [2.24, 2.45) is 5.73 Å². The zero-order valence-electron chi connectivity index (χ0n) is 23.0. The molecule has 5 unspecified atom stereocenters. The number of nitrogens with one attached hydrogen (secondary N) is 4. The maximum atomic E-state index is 13.5. The predicted molar refractivity (Wildman–Crippen MR) is 158 cm³/mol. The summed E-state index contributed by atoms with van der Waals surface area (Å²) < 4.78 is 0. The van der Waals surface area contributed by atoms with Crippen LogP contribution < -0.4 is 21.7 Å². The van der Waals surface area contributed by atoms with Crippen LogP contribution >= 0.6 is 11.8 Å². The fourth-order valence-corrected chi connectivity index (χ4v) is 4.84. The van der Waals surface area contributed by atoms with Gasteiger partial charge in [-0.25, -0.2) is 4.79 Å². The van der Waals surface area contributed by atoms with E-state index in [0.717, 1.165) is 10.9 Å². The molecule has 12 heteroatoms. The zero-order chi connectivity index (χ0) is 29.9. The Balaban J connectivity index is 1.83. The number of hydrogen-bond donors (Lipinski definition) is 7. The first-order valence-electron chi connectivity index (χ1n) is 13.3. The average Bonchev–Trinajstić information content (AvgIpc) is 3.36. The molecule has 1 aromatic heterocycles. The zero-order valence-corrected chi connectivity index (χ0v) is 23.8. The van der Waals surface area contributed by atoms with Crippen LogP contribution in [0, 0.1) is 0 Å². The van der Waals surface area contributed by atoms with E-state index in [0.29, 0.717) is 23.3 Å². The highest BCUT2D eigenvalue weighted by Crippen LogP contribution is 2.19. The summed E-state index contributed by atoms with van der Waals surface area (Å²) in [5.74, 6) is -2.72. The highest BCUT2D eigenvalue weighted by Gasteiger charge is 2.33. The molecular weight excluding hydrogens is 546 g/mol. The Kier molecular flexibility index (Phi) is 11.7. The molecule has 0 saturated carbocycles. The highest BCUT2D eigenvalue weighted by molar-refractivity contribution is 7.98. The third-order valence-electron chi connectivity index (χ3n) is 6.66. The van der Waals surface area contributed by atoms with Crippen LogP contribution in [0.5, 0.6) is 0 Å². The summed E-state index contributed by atoms with van der Waals surface area (Å²) in [4.78, 5) is 54.6. The topological polar surface area (TPSA) is 187 Å². The number of aromatic amines is 1. The lowest BCUT2D eigenvalue weighted by atomic mass is 10.0. The molecule has 11 nitrogen and oxygen atoms in total. The van der Waals surface area contributed by atoms with Gasteiger partial charge in [-0.3, -0.25) is 14.4 Å². The summed E-state index contributed by atoms with van der Waals surface area (Å²) in [5, 5.41) is 28.6. The molecule has 0 aliphatic heterocycles. The van der Waals surface area contributed by atoms with Crippen LogP contribution in [0.3, 0.4) is 0 Å². The maximum Gasteiger partial charge on any atom is 0.326 e. The number of hydrogen-bond acceptors (Lipinski definition) is 7. The molecule has 0 spiro atoms. The molecule has 5 atom stereocenters. The fourth-order valence-electron chi connectivity index (χ4n) is 4.35. The highest BCUT2D eigenvalue weighted by atomic mass is 32.2. The lowest BCUT2D eigenvalue weighted by Crippen LogP contribution is -2.60. The van der Waals surface area contributed by atoms with Crippen molar-refractivity contribution in [1.29, 1.82) is 0 Å². The molecule has 3 amide bonds. The van der Waals surface area contributed by atoms with Gasteiger partial charge in [-0.1, -0.05) is 48.5 Å². The van der Waals surface area contributed by atoms with Crippen molar-refractivity contribution >= 4 is 46.4 Å². The van der Waals surface area contributed by atoms with E-state index in [-0.39, 0.29) is 12.8 Å². The van der Waals surface area contributed by atoms with Crippen molar-refractivity contribution in [3.63, 3.8) is 0 Å². The quantitative estimate of drug-likeness (QED) is 0.138. The summed E-state index contributed by atoms with van der Waals surface area (Å²) in [6.45, 7) is 1.34. The van der Waals surface area contributed by atoms with E-state index in [1.54, 1.807) is 36.5 Å².